The number of hydrogen-bond acceptors (Lipinski definition) is 4. The number of amides is 3. The minimum Gasteiger partial charge on any atom is -0.378 e. The van der Waals surface area contributed by atoms with Gasteiger partial charge in [-0.05, 0) is 44.5 Å². The van der Waals surface area contributed by atoms with E-state index >= 15 is 0 Å². The van der Waals surface area contributed by atoms with E-state index in [0.29, 0.717) is 24.9 Å². The van der Waals surface area contributed by atoms with Crippen molar-refractivity contribution in [2.75, 3.05) is 50.6 Å². The monoisotopic (exact) mass is 362 g/mol. The van der Waals surface area contributed by atoms with E-state index in [1.807, 2.05) is 6.07 Å². The second-order valence-electron chi connectivity index (χ2n) is 6.74. The van der Waals surface area contributed by atoms with E-state index in [-0.39, 0.29) is 11.9 Å². The molecule has 7 heteroatoms. The molecule has 0 spiro atoms. The molecular formula is C19H30N4O3. The molecule has 1 aliphatic heterocycles. The van der Waals surface area contributed by atoms with Gasteiger partial charge in [0.05, 0.1) is 6.10 Å². The highest BCUT2D eigenvalue weighted by Gasteiger charge is 2.16. The van der Waals surface area contributed by atoms with Crippen LogP contribution in [0.2, 0.25) is 0 Å². The predicted molar refractivity (Wildman–Crippen MR) is 104 cm³/mol. The smallest absolute Gasteiger partial charge is 0.319 e. The predicted octanol–water partition coefficient (Wildman–Crippen LogP) is 2.29. The average molecular weight is 362 g/mol. The second-order valence-corrected chi connectivity index (χ2v) is 6.74. The number of piperidine rings is 1. The second kappa shape index (κ2) is 10.1. The van der Waals surface area contributed by atoms with Crippen LogP contribution in [0, 0.1) is 0 Å². The third-order valence-corrected chi connectivity index (χ3v) is 4.59. The number of nitrogens with one attached hydrogen (secondary N) is 2. The summed E-state index contributed by atoms with van der Waals surface area (Å²) in [6, 6.07) is 6.93. The van der Waals surface area contributed by atoms with Crippen molar-refractivity contribution < 1.29 is 14.3 Å². The summed E-state index contributed by atoms with van der Waals surface area (Å²) in [6.07, 6.45) is 3.29. The van der Waals surface area contributed by atoms with Gasteiger partial charge in [-0.25, -0.2) is 4.79 Å². The molecule has 0 atom stereocenters. The maximum Gasteiger partial charge on any atom is 0.319 e. The van der Waals surface area contributed by atoms with Gasteiger partial charge in [0.25, 0.3) is 0 Å². The van der Waals surface area contributed by atoms with Crippen LogP contribution in [0.4, 0.5) is 16.2 Å². The van der Waals surface area contributed by atoms with Crippen LogP contribution in [0.1, 0.15) is 26.2 Å². The number of rotatable bonds is 7. The molecule has 2 rings (SSSR count). The van der Waals surface area contributed by atoms with Crippen LogP contribution in [-0.2, 0) is 9.53 Å². The van der Waals surface area contributed by atoms with Gasteiger partial charge in [-0.1, -0.05) is 6.07 Å². The molecule has 0 bridgehead atoms. The molecule has 0 aromatic heterocycles. The molecule has 144 valence electrons. The Kier molecular flexibility index (Phi) is 7.87. The van der Waals surface area contributed by atoms with E-state index < -0.39 is 0 Å². The summed E-state index contributed by atoms with van der Waals surface area (Å²) in [6.45, 7) is 4.89. The maximum absolute atomic E-state index is 12.0. The summed E-state index contributed by atoms with van der Waals surface area (Å²) in [5, 5.41) is 5.62. The minimum absolute atomic E-state index is 0.0591. The molecule has 1 aliphatic rings. The summed E-state index contributed by atoms with van der Waals surface area (Å²) in [4.78, 5) is 27.2. The Bertz CT molecular complexity index is 600. The first-order valence-electron chi connectivity index (χ1n) is 9.15. The largest absolute Gasteiger partial charge is 0.378 e. The molecule has 7 nitrogen and oxygen atoms in total. The van der Waals surface area contributed by atoms with Gasteiger partial charge in [-0.15, -0.1) is 0 Å². The van der Waals surface area contributed by atoms with Gasteiger partial charge in [0.2, 0.25) is 5.91 Å². The SMILES string of the molecule is CC(=O)N(C)c1cccc(NC(=O)NCCCOC2CCN(C)CC2)c1. The first kappa shape index (κ1) is 20.2. The normalized spacial score (nSPS) is 15.5. The Morgan fingerprint density at radius 2 is 2.04 bits per heavy atom. The molecule has 2 N–H and O–H groups in total. The Morgan fingerprint density at radius 3 is 2.73 bits per heavy atom. The molecule has 1 aromatic rings. The molecule has 26 heavy (non-hydrogen) atoms. The number of nitrogens with zero attached hydrogens (tertiary/aromatic N) is 2. The zero-order valence-electron chi connectivity index (χ0n) is 16.0. The highest BCUT2D eigenvalue weighted by atomic mass is 16.5. The van der Waals surface area contributed by atoms with Crippen LogP contribution in [0.5, 0.6) is 0 Å². The average Bonchev–Trinajstić information content (AvgIpc) is 2.62. The quantitative estimate of drug-likeness (QED) is 0.730. The van der Waals surface area contributed by atoms with Crippen molar-refractivity contribution in [2.45, 2.75) is 32.3 Å². The van der Waals surface area contributed by atoms with Crippen LogP contribution in [0.25, 0.3) is 0 Å². The third kappa shape index (κ3) is 6.65. The lowest BCUT2D eigenvalue weighted by molar-refractivity contribution is -0.116. The van der Waals surface area contributed by atoms with E-state index in [9.17, 15) is 9.59 Å². The van der Waals surface area contributed by atoms with Crippen molar-refractivity contribution in [1.29, 1.82) is 0 Å². The number of carbonyl (C=O) groups excluding carboxylic acids is 2. The fraction of sp³-hybridized carbons (Fsp3) is 0.579. The van der Waals surface area contributed by atoms with Gasteiger partial charge in [-0.2, -0.15) is 0 Å². The Morgan fingerprint density at radius 1 is 1.31 bits per heavy atom. The van der Waals surface area contributed by atoms with Crippen molar-refractivity contribution >= 4 is 23.3 Å². The fourth-order valence-corrected chi connectivity index (χ4v) is 2.83. The molecule has 0 radical (unpaired) electrons. The first-order valence-corrected chi connectivity index (χ1v) is 9.15. The van der Waals surface area contributed by atoms with Gasteiger partial charge < -0.3 is 25.2 Å². The lowest BCUT2D eigenvalue weighted by atomic mass is 10.1. The van der Waals surface area contributed by atoms with Crippen molar-refractivity contribution in [2.24, 2.45) is 0 Å². The highest BCUT2D eigenvalue weighted by molar-refractivity contribution is 5.93. The van der Waals surface area contributed by atoms with E-state index in [2.05, 4.69) is 22.6 Å². The summed E-state index contributed by atoms with van der Waals surface area (Å²) in [7, 11) is 3.83. The van der Waals surface area contributed by atoms with Crippen LogP contribution in [0.3, 0.4) is 0 Å². The van der Waals surface area contributed by atoms with Crippen molar-refractivity contribution in [1.82, 2.24) is 10.2 Å². The van der Waals surface area contributed by atoms with Crippen LogP contribution >= 0.6 is 0 Å². The van der Waals surface area contributed by atoms with Crippen molar-refractivity contribution in [3.63, 3.8) is 0 Å². The zero-order valence-corrected chi connectivity index (χ0v) is 16.0. The molecule has 0 saturated carbocycles. The lowest BCUT2D eigenvalue weighted by Gasteiger charge is -2.28. The number of likely N-dealkylation sites (tertiary alicyclic amines) is 1. The number of benzene rings is 1. The Hall–Kier alpha value is -2.12. The topological polar surface area (TPSA) is 73.9 Å². The number of ether oxygens (including phenoxy) is 1. The number of urea groups is 1. The van der Waals surface area contributed by atoms with Crippen molar-refractivity contribution in [3.8, 4) is 0 Å². The molecule has 1 saturated heterocycles. The summed E-state index contributed by atoms with van der Waals surface area (Å²) in [5.74, 6) is -0.0591. The van der Waals surface area contributed by atoms with Gasteiger partial charge in [-0.3, -0.25) is 4.79 Å². The molecule has 3 amide bonds. The number of anilines is 2. The van der Waals surface area contributed by atoms with Gasteiger partial charge in [0.15, 0.2) is 0 Å². The van der Waals surface area contributed by atoms with Gasteiger partial charge in [0.1, 0.15) is 0 Å². The van der Waals surface area contributed by atoms with Gasteiger partial charge >= 0.3 is 6.03 Å². The van der Waals surface area contributed by atoms with Crippen LogP contribution < -0.4 is 15.5 Å². The van der Waals surface area contributed by atoms with E-state index in [0.717, 1.165) is 38.0 Å². The molecular weight excluding hydrogens is 332 g/mol. The number of carbonyl (C=O) groups is 2. The lowest BCUT2D eigenvalue weighted by Crippen LogP contribution is -2.35. The highest BCUT2D eigenvalue weighted by Crippen LogP contribution is 2.18. The maximum atomic E-state index is 12.0. The van der Waals surface area contributed by atoms with Crippen LogP contribution in [-0.4, -0.2) is 63.3 Å². The Balaban J connectivity index is 1.64. The van der Waals surface area contributed by atoms with Crippen molar-refractivity contribution in [3.05, 3.63) is 24.3 Å². The molecule has 1 aromatic carbocycles. The first-order chi connectivity index (χ1) is 12.5. The summed E-state index contributed by atoms with van der Waals surface area (Å²) in [5.41, 5.74) is 1.39. The Labute approximate surface area is 155 Å². The summed E-state index contributed by atoms with van der Waals surface area (Å²) < 4.78 is 5.86. The van der Waals surface area contributed by atoms with E-state index in [4.69, 9.17) is 4.74 Å². The summed E-state index contributed by atoms with van der Waals surface area (Å²) >= 11 is 0. The molecule has 1 fully saturated rings. The van der Waals surface area contributed by atoms with Crippen LogP contribution in [0.15, 0.2) is 24.3 Å². The zero-order chi connectivity index (χ0) is 18.9. The fourth-order valence-electron chi connectivity index (χ4n) is 2.83. The minimum atomic E-state index is -0.257. The molecule has 1 heterocycles. The van der Waals surface area contributed by atoms with E-state index in [1.165, 1.54) is 11.8 Å². The molecule has 0 aliphatic carbocycles. The van der Waals surface area contributed by atoms with Gasteiger partial charge in [0, 0.05) is 51.6 Å². The number of hydrogen-bond donors (Lipinski definition) is 2. The molecule has 0 unspecified atom stereocenters. The van der Waals surface area contributed by atoms with E-state index in [1.54, 1.807) is 25.2 Å². The third-order valence-electron chi connectivity index (χ3n) is 4.59. The standard InChI is InChI=1S/C19H30N4O3/c1-15(24)23(3)17-7-4-6-16(14-17)21-19(25)20-10-5-13-26-18-8-11-22(2)12-9-18/h4,6-7,14,18H,5,8-13H2,1-3H3,(H2,20,21,25).